The predicted octanol–water partition coefficient (Wildman–Crippen LogP) is 1.96. The van der Waals surface area contributed by atoms with Crippen LogP contribution in [0.5, 0.6) is 0 Å². The van der Waals surface area contributed by atoms with E-state index in [0.29, 0.717) is 37.6 Å². The maximum absolute atomic E-state index is 12.6. The van der Waals surface area contributed by atoms with Crippen LogP contribution in [0.2, 0.25) is 0 Å². The van der Waals surface area contributed by atoms with Gasteiger partial charge in [-0.2, -0.15) is 9.41 Å². The zero-order valence-electron chi connectivity index (χ0n) is 15.5. The Balaban J connectivity index is 2.06. The zero-order chi connectivity index (χ0) is 19.4. The smallest absolute Gasteiger partial charge is 0.428 e. The number of rotatable bonds is 4. The molecule has 1 saturated heterocycles. The number of carbonyl (C=O) groups is 1. The van der Waals surface area contributed by atoms with E-state index >= 15 is 0 Å². The number of nitrogens with zero attached hydrogens (tertiary/aromatic N) is 2. The van der Waals surface area contributed by atoms with Crippen LogP contribution >= 0.6 is 0 Å². The van der Waals surface area contributed by atoms with E-state index in [0.717, 1.165) is 0 Å². The first-order valence-corrected chi connectivity index (χ1v) is 9.75. The van der Waals surface area contributed by atoms with Gasteiger partial charge in [-0.05, 0) is 45.4 Å². The number of hydrazone groups is 1. The molecule has 0 atom stereocenters. The molecule has 9 heteroatoms. The Bertz CT molecular complexity index is 761. The van der Waals surface area contributed by atoms with Crippen LogP contribution in [0.3, 0.4) is 0 Å². The van der Waals surface area contributed by atoms with Crippen molar-refractivity contribution in [3.8, 4) is 0 Å². The van der Waals surface area contributed by atoms with Crippen molar-refractivity contribution in [1.82, 2.24) is 9.73 Å². The molecule has 0 bridgehead atoms. The topological polar surface area (TPSA) is 97.3 Å². The molecule has 144 valence electrons. The maximum atomic E-state index is 12.6. The molecule has 26 heavy (non-hydrogen) atoms. The highest BCUT2D eigenvalue weighted by atomic mass is 32.2. The van der Waals surface area contributed by atoms with Gasteiger partial charge in [-0.1, -0.05) is 12.1 Å². The molecule has 1 N–H and O–H groups in total. The Morgan fingerprint density at radius 2 is 1.77 bits per heavy atom. The molecule has 0 unspecified atom stereocenters. The molecule has 0 aromatic heterocycles. The quantitative estimate of drug-likeness (QED) is 0.633. The van der Waals surface area contributed by atoms with Crippen molar-refractivity contribution < 1.29 is 22.7 Å². The fourth-order valence-electron chi connectivity index (χ4n) is 2.30. The third kappa shape index (κ3) is 5.52. The molecule has 1 heterocycles. The van der Waals surface area contributed by atoms with Crippen LogP contribution in [0.4, 0.5) is 4.79 Å². The van der Waals surface area contributed by atoms with Gasteiger partial charge in [-0.25, -0.2) is 18.6 Å². The highest BCUT2D eigenvalue weighted by Crippen LogP contribution is 2.18. The van der Waals surface area contributed by atoms with Gasteiger partial charge >= 0.3 is 6.09 Å². The molecule has 2 rings (SSSR count). The van der Waals surface area contributed by atoms with Gasteiger partial charge in [0, 0.05) is 13.1 Å². The van der Waals surface area contributed by atoms with Crippen molar-refractivity contribution in [3.63, 3.8) is 0 Å². The third-order valence-corrected chi connectivity index (χ3v) is 5.51. The van der Waals surface area contributed by atoms with Crippen LogP contribution in [0.25, 0.3) is 0 Å². The second kappa shape index (κ2) is 8.15. The van der Waals surface area contributed by atoms with Crippen molar-refractivity contribution in [1.29, 1.82) is 0 Å². The lowest BCUT2D eigenvalue weighted by Crippen LogP contribution is -2.40. The number of amides is 1. The number of ether oxygens (including phenoxy) is 2. The van der Waals surface area contributed by atoms with Gasteiger partial charge < -0.3 is 9.47 Å². The van der Waals surface area contributed by atoms with Crippen LogP contribution in [-0.2, 0) is 19.5 Å². The summed E-state index contributed by atoms with van der Waals surface area (Å²) in [6.45, 7) is 8.50. The first kappa shape index (κ1) is 20.3. The lowest BCUT2D eigenvalue weighted by molar-refractivity contribution is 0.0529. The summed E-state index contributed by atoms with van der Waals surface area (Å²) >= 11 is 0. The second-order valence-electron chi connectivity index (χ2n) is 6.85. The van der Waals surface area contributed by atoms with E-state index in [1.54, 1.807) is 39.8 Å². The fourth-order valence-corrected chi connectivity index (χ4v) is 3.71. The number of nitrogens with one attached hydrogen (secondary N) is 1. The Morgan fingerprint density at radius 1 is 1.19 bits per heavy atom. The molecule has 8 nitrogen and oxygen atoms in total. The van der Waals surface area contributed by atoms with Gasteiger partial charge in [0.2, 0.25) is 10.0 Å². The standard InChI is InChI=1S/C17H25N3O5S/c1-13(18-19-16(21)25-17(2,3)4)14-5-7-15(8-6-14)26(22,23)20-9-11-24-12-10-20/h5-8H,9-12H2,1-4H3,(H,19,21)/b18-13+. The van der Waals surface area contributed by atoms with Crippen molar-refractivity contribution >= 4 is 21.8 Å². The lowest BCUT2D eigenvalue weighted by Gasteiger charge is -2.26. The summed E-state index contributed by atoms with van der Waals surface area (Å²) < 4.78 is 36.9. The van der Waals surface area contributed by atoms with Gasteiger partial charge in [0.1, 0.15) is 5.60 Å². The van der Waals surface area contributed by atoms with Crippen LogP contribution in [-0.4, -0.2) is 56.4 Å². The van der Waals surface area contributed by atoms with Gasteiger partial charge in [-0.3, -0.25) is 0 Å². The number of hydrogen-bond acceptors (Lipinski definition) is 6. The summed E-state index contributed by atoms with van der Waals surface area (Å²) in [6.07, 6.45) is -0.650. The van der Waals surface area contributed by atoms with Crippen LogP contribution < -0.4 is 5.43 Å². The largest absolute Gasteiger partial charge is 0.443 e. The number of benzene rings is 1. The summed E-state index contributed by atoms with van der Waals surface area (Å²) in [4.78, 5) is 11.8. The minimum Gasteiger partial charge on any atom is -0.443 e. The molecule has 1 fully saturated rings. The molecule has 1 aromatic rings. The number of sulfonamides is 1. The lowest BCUT2D eigenvalue weighted by atomic mass is 10.1. The molecule has 0 saturated carbocycles. The van der Waals surface area contributed by atoms with Crippen molar-refractivity contribution in [2.24, 2.45) is 5.10 Å². The summed E-state index contributed by atoms with van der Waals surface area (Å²) in [6, 6.07) is 6.38. The molecule has 1 aromatic carbocycles. The Kier molecular flexibility index (Phi) is 6.38. The van der Waals surface area contributed by atoms with E-state index in [9.17, 15) is 13.2 Å². The first-order valence-electron chi connectivity index (χ1n) is 8.31. The summed E-state index contributed by atoms with van der Waals surface area (Å²) in [5, 5.41) is 3.98. The van der Waals surface area contributed by atoms with Crippen LogP contribution in [0.1, 0.15) is 33.3 Å². The minimum atomic E-state index is -3.53. The number of hydrogen-bond donors (Lipinski definition) is 1. The number of carbonyl (C=O) groups excluding carboxylic acids is 1. The van der Waals surface area contributed by atoms with E-state index < -0.39 is 21.7 Å². The molecule has 0 radical (unpaired) electrons. The Labute approximate surface area is 154 Å². The van der Waals surface area contributed by atoms with Gasteiger partial charge in [0.25, 0.3) is 0 Å². The minimum absolute atomic E-state index is 0.219. The molecular weight excluding hydrogens is 358 g/mol. The maximum Gasteiger partial charge on any atom is 0.428 e. The normalized spacial score (nSPS) is 17.0. The fraction of sp³-hybridized carbons (Fsp3) is 0.529. The monoisotopic (exact) mass is 383 g/mol. The predicted molar refractivity (Wildman–Crippen MR) is 97.6 cm³/mol. The Morgan fingerprint density at radius 3 is 2.31 bits per heavy atom. The van der Waals surface area contributed by atoms with Gasteiger partial charge in [0.05, 0.1) is 23.8 Å². The van der Waals surface area contributed by atoms with Crippen LogP contribution in [0.15, 0.2) is 34.3 Å². The highest BCUT2D eigenvalue weighted by Gasteiger charge is 2.26. The molecule has 0 aliphatic carbocycles. The SMILES string of the molecule is C/C(=N\NC(=O)OC(C)(C)C)c1ccc(S(=O)(=O)N2CCOCC2)cc1. The van der Waals surface area contributed by atoms with E-state index in [1.165, 1.54) is 16.4 Å². The molecular formula is C17H25N3O5S. The number of morpholine rings is 1. The van der Waals surface area contributed by atoms with Crippen molar-refractivity contribution in [2.45, 2.75) is 38.2 Å². The summed E-state index contributed by atoms with van der Waals surface area (Å²) in [5.41, 5.74) is 2.94. The van der Waals surface area contributed by atoms with E-state index in [2.05, 4.69) is 10.5 Å². The van der Waals surface area contributed by atoms with Crippen molar-refractivity contribution in [2.75, 3.05) is 26.3 Å². The van der Waals surface area contributed by atoms with Crippen LogP contribution in [0, 0.1) is 0 Å². The van der Waals surface area contributed by atoms with E-state index in [1.807, 2.05) is 0 Å². The van der Waals surface area contributed by atoms with Gasteiger partial charge in [-0.15, -0.1) is 0 Å². The zero-order valence-corrected chi connectivity index (χ0v) is 16.3. The molecule has 1 amide bonds. The summed E-state index contributed by atoms with van der Waals surface area (Å²) in [7, 11) is -3.53. The first-order chi connectivity index (χ1) is 12.1. The average molecular weight is 383 g/mol. The highest BCUT2D eigenvalue weighted by molar-refractivity contribution is 7.89. The Hall–Kier alpha value is -1.97. The van der Waals surface area contributed by atoms with E-state index in [4.69, 9.17) is 9.47 Å². The average Bonchev–Trinajstić information content (AvgIpc) is 2.59. The molecule has 1 aliphatic rings. The van der Waals surface area contributed by atoms with Crippen molar-refractivity contribution in [3.05, 3.63) is 29.8 Å². The van der Waals surface area contributed by atoms with E-state index in [-0.39, 0.29) is 4.90 Å². The third-order valence-electron chi connectivity index (χ3n) is 3.59. The second-order valence-corrected chi connectivity index (χ2v) is 8.79. The van der Waals surface area contributed by atoms with Gasteiger partial charge in [0.15, 0.2) is 0 Å². The summed E-state index contributed by atoms with van der Waals surface area (Å²) in [5.74, 6) is 0. The molecule has 0 spiro atoms. The molecule has 1 aliphatic heterocycles.